The van der Waals surface area contributed by atoms with Crippen molar-refractivity contribution in [3.63, 3.8) is 0 Å². The third-order valence-electron chi connectivity index (χ3n) is 14.7. The molecule has 226 valence electrons. The molecule has 6 fully saturated rings. The first-order chi connectivity index (χ1) is 18.9. The molecule has 6 saturated carbocycles. The summed E-state index contributed by atoms with van der Waals surface area (Å²) in [5.41, 5.74) is 0.690. The second-order valence-corrected chi connectivity index (χ2v) is 16.9. The van der Waals surface area contributed by atoms with Crippen LogP contribution in [-0.4, -0.2) is 0 Å². The Morgan fingerprint density at radius 3 is 1.82 bits per heavy atom. The molecule has 0 heterocycles. The molecule has 39 heavy (non-hydrogen) atoms. The molecule has 0 saturated heterocycles. The maximum absolute atomic E-state index is 2.75. The van der Waals surface area contributed by atoms with Gasteiger partial charge in [-0.1, -0.05) is 118 Å². The van der Waals surface area contributed by atoms with Gasteiger partial charge in [0, 0.05) is 0 Å². The molecule has 0 nitrogen and oxygen atoms in total. The molecule has 0 amide bonds. The number of fused-ring (bicyclic) bond motifs is 1. The van der Waals surface area contributed by atoms with Crippen molar-refractivity contribution in [3.8, 4) is 0 Å². The van der Waals surface area contributed by atoms with Gasteiger partial charge in [0.25, 0.3) is 0 Å². The Kier molecular flexibility index (Phi) is 10.9. The summed E-state index contributed by atoms with van der Waals surface area (Å²) in [6, 6.07) is 0. The first kappa shape index (κ1) is 30.5. The highest BCUT2D eigenvalue weighted by Crippen LogP contribution is 2.63. The molecule has 0 aromatic rings. The van der Waals surface area contributed by atoms with Crippen molar-refractivity contribution in [2.24, 2.45) is 70.5 Å². The van der Waals surface area contributed by atoms with Gasteiger partial charge in [0.2, 0.25) is 0 Å². The highest BCUT2D eigenvalue weighted by molar-refractivity contribution is 5.04. The molecule has 0 aromatic heterocycles. The van der Waals surface area contributed by atoms with Crippen LogP contribution in [0.25, 0.3) is 0 Å². The van der Waals surface area contributed by atoms with Gasteiger partial charge in [-0.15, -0.1) is 0 Å². The topological polar surface area (TPSA) is 0 Å². The van der Waals surface area contributed by atoms with Gasteiger partial charge in [0.15, 0.2) is 0 Å². The third-order valence-corrected chi connectivity index (χ3v) is 14.7. The Bertz CT molecular complexity index is 704. The summed E-state index contributed by atoms with van der Waals surface area (Å²) in [6.07, 6.45) is 33.7. The number of rotatable bonds is 5. The van der Waals surface area contributed by atoms with Gasteiger partial charge >= 0.3 is 0 Å². The second-order valence-electron chi connectivity index (χ2n) is 16.9. The Morgan fingerprint density at radius 1 is 0.538 bits per heavy atom. The predicted molar refractivity (Wildman–Crippen MR) is 171 cm³/mol. The number of hydrogen-bond donors (Lipinski definition) is 0. The number of hydrogen-bond acceptors (Lipinski definition) is 0. The van der Waals surface area contributed by atoms with E-state index in [1.807, 2.05) is 0 Å². The average Bonchev–Trinajstić information content (AvgIpc) is 3.60. The minimum Gasteiger partial charge on any atom is -0.0654 e. The van der Waals surface area contributed by atoms with Crippen molar-refractivity contribution in [2.45, 2.75) is 176 Å². The Morgan fingerprint density at radius 2 is 1.15 bits per heavy atom. The van der Waals surface area contributed by atoms with E-state index in [1.54, 1.807) is 70.6 Å². The fourth-order valence-corrected chi connectivity index (χ4v) is 12.6. The van der Waals surface area contributed by atoms with Crippen LogP contribution >= 0.6 is 0 Å². The fourth-order valence-electron chi connectivity index (χ4n) is 12.6. The fraction of sp³-hybridized carbons (Fsp3) is 1.00. The summed E-state index contributed by atoms with van der Waals surface area (Å²) in [4.78, 5) is 0. The SMILES string of the molecule is CC1CCC(C2CC(C3CCCCC3)CC2C)CC1.CCCC1C(C)CC2CCCC2C1(C)C1CCCCC1. The standard InChI is InChI=1S/C20H36.C19H34/c1-4-9-18-15(2)14-16-10-8-13-19(16)20(18,3)17-11-6-5-7-12-17;1-14-8-10-17(11-9-14)19-13-18(12-15(19)2)16-6-4-3-5-7-16/h15-19H,4-14H2,1-3H3;14-19H,3-13H2,1-2H3. The second kappa shape index (κ2) is 14.0. The summed E-state index contributed by atoms with van der Waals surface area (Å²) in [6.45, 7) is 12.8. The monoisotopic (exact) mass is 539 g/mol. The average molecular weight is 539 g/mol. The van der Waals surface area contributed by atoms with Crippen molar-refractivity contribution >= 4 is 0 Å². The van der Waals surface area contributed by atoms with Gasteiger partial charge in [-0.2, -0.15) is 0 Å². The van der Waals surface area contributed by atoms with Crippen LogP contribution in [-0.2, 0) is 0 Å². The summed E-state index contributed by atoms with van der Waals surface area (Å²) in [7, 11) is 0. The molecule has 8 atom stereocenters. The van der Waals surface area contributed by atoms with Crippen LogP contribution in [0.3, 0.4) is 0 Å². The summed E-state index contributed by atoms with van der Waals surface area (Å²) < 4.78 is 0. The summed E-state index contributed by atoms with van der Waals surface area (Å²) >= 11 is 0. The highest BCUT2D eigenvalue weighted by Gasteiger charge is 2.55. The van der Waals surface area contributed by atoms with E-state index in [2.05, 4.69) is 34.6 Å². The van der Waals surface area contributed by atoms with E-state index in [-0.39, 0.29) is 0 Å². The van der Waals surface area contributed by atoms with Crippen molar-refractivity contribution in [1.29, 1.82) is 0 Å². The summed E-state index contributed by atoms with van der Waals surface area (Å²) in [5.74, 6) is 11.7. The van der Waals surface area contributed by atoms with E-state index in [1.165, 1.54) is 70.6 Å². The molecule has 0 aromatic carbocycles. The Labute approximate surface area is 246 Å². The van der Waals surface area contributed by atoms with Gasteiger partial charge in [-0.05, 0) is 128 Å². The molecule has 6 rings (SSSR count). The van der Waals surface area contributed by atoms with E-state index in [9.17, 15) is 0 Å². The van der Waals surface area contributed by atoms with Crippen LogP contribution in [0.4, 0.5) is 0 Å². The van der Waals surface area contributed by atoms with E-state index in [0.717, 1.165) is 65.1 Å². The zero-order valence-corrected chi connectivity index (χ0v) is 27.4. The van der Waals surface area contributed by atoms with Crippen LogP contribution < -0.4 is 0 Å². The zero-order valence-electron chi connectivity index (χ0n) is 27.4. The van der Waals surface area contributed by atoms with E-state index in [0.29, 0.717) is 5.41 Å². The maximum atomic E-state index is 2.75. The molecule has 6 aliphatic carbocycles. The van der Waals surface area contributed by atoms with Gasteiger partial charge in [0.05, 0.1) is 0 Å². The molecule has 0 heteroatoms. The van der Waals surface area contributed by atoms with Gasteiger partial charge in [0.1, 0.15) is 0 Å². The Balaban J connectivity index is 0.000000158. The first-order valence-corrected chi connectivity index (χ1v) is 18.9. The molecule has 0 N–H and O–H groups in total. The third kappa shape index (κ3) is 6.82. The van der Waals surface area contributed by atoms with Gasteiger partial charge in [-0.3, -0.25) is 0 Å². The quantitative estimate of drug-likeness (QED) is 0.326. The van der Waals surface area contributed by atoms with Crippen LogP contribution in [0.15, 0.2) is 0 Å². The van der Waals surface area contributed by atoms with E-state index in [4.69, 9.17) is 0 Å². The van der Waals surface area contributed by atoms with Crippen molar-refractivity contribution in [3.05, 3.63) is 0 Å². The molecule has 0 radical (unpaired) electrons. The molecule has 0 bridgehead atoms. The van der Waals surface area contributed by atoms with Crippen molar-refractivity contribution in [2.75, 3.05) is 0 Å². The van der Waals surface area contributed by atoms with Crippen LogP contribution in [0.5, 0.6) is 0 Å². The van der Waals surface area contributed by atoms with E-state index < -0.39 is 0 Å². The largest absolute Gasteiger partial charge is 0.0654 e. The lowest BCUT2D eigenvalue weighted by molar-refractivity contribution is -0.0834. The van der Waals surface area contributed by atoms with Crippen molar-refractivity contribution in [1.82, 2.24) is 0 Å². The molecule has 8 unspecified atom stereocenters. The minimum atomic E-state index is 0.690. The lowest BCUT2D eigenvalue weighted by Gasteiger charge is -2.57. The predicted octanol–water partition coefficient (Wildman–Crippen LogP) is 12.5. The molecule has 0 spiro atoms. The van der Waals surface area contributed by atoms with Crippen LogP contribution in [0.1, 0.15) is 176 Å². The first-order valence-electron chi connectivity index (χ1n) is 18.9. The van der Waals surface area contributed by atoms with Gasteiger partial charge < -0.3 is 0 Å². The van der Waals surface area contributed by atoms with Crippen LogP contribution in [0, 0.1) is 70.5 Å². The molecular weight excluding hydrogens is 468 g/mol. The lowest BCUT2D eigenvalue weighted by Crippen LogP contribution is -2.50. The Hall–Kier alpha value is 0. The lowest BCUT2D eigenvalue weighted by atomic mass is 9.48. The minimum absolute atomic E-state index is 0.690. The highest BCUT2D eigenvalue weighted by atomic mass is 14.6. The normalized spacial score (nSPS) is 45.9. The van der Waals surface area contributed by atoms with Crippen molar-refractivity contribution < 1.29 is 0 Å². The molecular formula is C39H70. The van der Waals surface area contributed by atoms with E-state index >= 15 is 0 Å². The van der Waals surface area contributed by atoms with Crippen LogP contribution in [0.2, 0.25) is 0 Å². The smallest absolute Gasteiger partial charge is 0.0236 e. The van der Waals surface area contributed by atoms with Gasteiger partial charge in [-0.25, -0.2) is 0 Å². The zero-order chi connectivity index (χ0) is 27.4. The maximum Gasteiger partial charge on any atom is -0.0236 e. The summed E-state index contributed by atoms with van der Waals surface area (Å²) in [5, 5.41) is 0. The molecule has 6 aliphatic rings. The molecule has 0 aliphatic heterocycles.